The zero-order chi connectivity index (χ0) is 25.1. The summed E-state index contributed by atoms with van der Waals surface area (Å²) in [6.07, 6.45) is 15.4. The van der Waals surface area contributed by atoms with Gasteiger partial charge in [0.2, 0.25) is 0 Å². The zero-order valence-electron chi connectivity index (χ0n) is 21.6. The minimum absolute atomic E-state index is 0.161. The first kappa shape index (κ1) is 28.4. The zero-order valence-corrected chi connectivity index (χ0v) is 21.6. The first-order valence-electron chi connectivity index (χ1n) is 13.5. The molecule has 0 heterocycles. The van der Waals surface area contributed by atoms with Gasteiger partial charge in [0.05, 0.1) is 11.4 Å². The highest BCUT2D eigenvalue weighted by atomic mass is 16.5. The van der Waals surface area contributed by atoms with E-state index in [1.807, 2.05) is 0 Å². The minimum atomic E-state index is -0.187. The van der Waals surface area contributed by atoms with Crippen LogP contribution in [0.25, 0.3) is 0 Å². The van der Waals surface area contributed by atoms with Gasteiger partial charge in [-0.3, -0.25) is 9.59 Å². The summed E-state index contributed by atoms with van der Waals surface area (Å²) in [5, 5.41) is 8.45. The fourth-order valence-electron chi connectivity index (χ4n) is 3.83. The van der Waals surface area contributed by atoms with Crippen molar-refractivity contribution in [2.75, 3.05) is 0 Å². The lowest BCUT2D eigenvalue weighted by atomic mass is 10.1. The molecule has 0 saturated heterocycles. The smallest absolute Gasteiger partial charge is 0.311 e. The lowest BCUT2D eigenvalue weighted by Crippen LogP contribution is -2.07. The van der Waals surface area contributed by atoms with Gasteiger partial charge >= 0.3 is 5.97 Å². The van der Waals surface area contributed by atoms with E-state index in [1.165, 1.54) is 51.4 Å². The predicted molar refractivity (Wildman–Crippen MR) is 143 cm³/mol. The topological polar surface area (TPSA) is 68.1 Å². The van der Waals surface area contributed by atoms with Crippen LogP contribution in [0, 0.1) is 0 Å². The third kappa shape index (κ3) is 12.4. The summed E-state index contributed by atoms with van der Waals surface area (Å²) in [4.78, 5) is 24.2. The average molecular weight is 479 g/mol. The van der Waals surface area contributed by atoms with Crippen molar-refractivity contribution in [1.82, 2.24) is 0 Å². The van der Waals surface area contributed by atoms with Crippen LogP contribution in [0.4, 0.5) is 11.4 Å². The van der Waals surface area contributed by atoms with Crippen molar-refractivity contribution in [3.63, 3.8) is 0 Å². The van der Waals surface area contributed by atoms with Crippen LogP contribution in [0.15, 0.2) is 58.8 Å². The molecule has 5 heteroatoms. The van der Waals surface area contributed by atoms with Gasteiger partial charge in [-0.25, -0.2) is 0 Å². The van der Waals surface area contributed by atoms with E-state index in [-0.39, 0.29) is 11.8 Å². The van der Waals surface area contributed by atoms with E-state index in [1.54, 1.807) is 48.5 Å². The molecule has 0 N–H and O–H groups in total. The Kier molecular flexibility index (Phi) is 14.3. The second kappa shape index (κ2) is 17.6. The van der Waals surface area contributed by atoms with Crippen LogP contribution in [0.1, 0.15) is 114 Å². The number of ketones is 1. The van der Waals surface area contributed by atoms with Gasteiger partial charge < -0.3 is 4.74 Å². The predicted octanol–water partition coefficient (Wildman–Crippen LogP) is 9.69. The normalized spacial score (nSPS) is 11.1. The van der Waals surface area contributed by atoms with Crippen LogP contribution < -0.4 is 4.74 Å². The maximum atomic E-state index is 12.1. The van der Waals surface area contributed by atoms with E-state index in [0.717, 1.165) is 25.7 Å². The maximum absolute atomic E-state index is 12.1. The Balaban J connectivity index is 1.65. The maximum Gasteiger partial charge on any atom is 0.311 e. The molecule has 0 unspecified atom stereocenters. The fourth-order valence-corrected chi connectivity index (χ4v) is 3.83. The Morgan fingerprint density at radius 1 is 0.600 bits per heavy atom. The van der Waals surface area contributed by atoms with Gasteiger partial charge in [-0.05, 0) is 61.4 Å². The molecule has 0 saturated carbocycles. The van der Waals surface area contributed by atoms with E-state index < -0.39 is 0 Å². The van der Waals surface area contributed by atoms with Crippen molar-refractivity contribution in [3.05, 3.63) is 54.1 Å². The molecule has 0 aliphatic heterocycles. The molecular weight excluding hydrogens is 436 g/mol. The first-order valence-corrected chi connectivity index (χ1v) is 13.5. The number of unbranched alkanes of at least 4 members (excludes halogenated alkanes) is 10. The summed E-state index contributed by atoms with van der Waals surface area (Å²) in [7, 11) is 0. The number of azo groups is 1. The Hall–Kier alpha value is -2.82. The van der Waals surface area contributed by atoms with Crippen molar-refractivity contribution < 1.29 is 14.3 Å². The Morgan fingerprint density at radius 2 is 1.09 bits per heavy atom. The van der Waals surface area contributed by atoms with Gasteiger partial charge in [0.25, 0.3) is 0 Å². The molecule has 0 aliphatic carbocycles. The molecule has 0 aromatic heterocycles. The van der Waals surface area contributed by atoms with E-state index >= 15 is 0 Å². The number of Topliss-reactive ketones (excluding diaryl/α,β-unsaturated/α-hetero) is 1. The Morgan fingerprint density at radius 3 is 1.63 bits per heavy atom. The van der Waals surface area contributed by atoms with Crippen molar-refractivity contribution >= 4 is 23.1 Å². The third-order valence-electron chi connectivity index (χ3n) is 6.03. The summed E-state index contributed by atoms with van der Waals surface area (Å²) in [6, 6.07) is 14.2. The number of carbonyl (C=O) groups is 2. The van der Waals surface area contributed by atoms with Crippen molar-refractivity contribution in [1.29, 1.82) is 0 Å². The van der Waals surface area contributed by atoms with Gasteiger partial charge in [0.1, 0.15) is 5.75 Å². The number of esters is 1. The lowest BCUT2D eigenvalue weighted by molar-refractivity contribution is -0.134. The minimum Gasteiger partial charge on any atom is -0.427 e. The average Bonchev–Trinajstić information content (AvgIpc) is 2.88. The number of hydrogen-bond acceptors (Lipinski definition) is 5. The van der Waals surface area contributed by atoms with Crippen LogP contribution in [0.3, 0.4) is 0 Å². The summed E-state index contributed by atoms with van der Waals surface area (Å²) in [5.41, 5.74) is 2.06. The van der Waals surface area contributed by atoms with Crippen LogP contribution in [-0.4, -0.2) is 11.8 Å². The second-order valence-corrected chi connectivity index (χ2v) is 9.17. The third-order valence-corrected chi connectivity index (χ3v) is 6.03. The summed E-state index contributed by atoms with van der Waals surface area (Å²) in [6.45, 7) is 4.32. The van der Waals surface area contributed by atoms with Gasteiger partial charge in [-0.1, -0.05) is 78.1 Å². The number of nitrogens with zero attached hydrogens (tertiary/aromatic N) is 2. The van der Waals surface area contributed by atoms with Gasteiger partial charge in [0, 0.05) is 18.4 Å². The summed E-state index contributed by atoms with van der Waals surface area (Å²) >= 11 is 0. The highest BCUT2D eigenvalue weighted by molar-refractivity contribution is 5.96. The molecule has 0 atom stereocenters. The molecule has 2 rings (SSSR count). The molecule has 0 bridgehead atoms. The number of benzene rings is 2. The van der Waals surface area contributed by atoms with E-state index in [9.17, 15) is 9.59 Å². The van der Waals surface area contributed by atoms with E-state index in [4.69, 9.17) is 4.74 Å². The van der Waals surface area contributed by atoms with E-state index in [0.29, 0.717) is 35.5 Å². The molecule has 2 aromatic carbocycles. The molecule has 5 nitrogen and oxygen atoms in total. The Labute approximate surface area is 211 Å². The molecule has 0 fully saturated rings. The van der Waals surface area contributed by atoms with Crippen LogP contribution in [-0.2, 0) is 4.79 Å². The SMILES string of the molecule is CCCCCCCCCCCCC(=O)Oc1ccc(N=Nc2ccc(C(=O)CCCC)cc2)cc1. The molecular formula is C30H42N2O3. The molecule has 190 valence electrons. The molecule has 0 aliphatic rings. The summed E-state index contributed by atoms with van der Waals surface area (Å²) in [5.74, 6) is 0.497. The molecule has 2 aromatic rings. The van der Waals surface area contributed by atoms with Crippen LogP contribution in [0.5, 0.6) is 5.75 Å². The highest BCUT2D eigenvalue weighted by Gasteiger charge is 2.06. The Bertz CT molecular complexity index is 889. The molecule has 0 spiro atoms. The van der Waals surface area contributed by atoms with Crippen molar-refractivity contribution in [3.8, 4) is 5.75 Å². The van der Waals surface area contributed by atoms with Gasteiger partial charge in [0.15, 0.2) is 5.78 Å². The number of carbonyl (C=O) groups excluding carboxylic acids is 2. The number of ether oxygens (including phenoxy) is 1. The molecule has 0 amide bonds. The van der Waals surface area contributed by atoms with Crippen LogP contribution in [0.2, 0.25) is 0 Å². The largest absolute Gasteiger partial charge is 0.427 e. The number of hydrogen-bond donors (Lipinski definition) is 0. The van der Waals surface area contributed by atoms with E-state index in [2.05, 4.69) is 24.1 Å². The highest BCUT2D eigenvalue weighted by Crippen LogP contribution is 2.22. The monoisotopic (exact) mass is 478 g/mol. The quantitative estimate of drug-likeness (QED) is 0.0704. The van der Waals surface area contributed by atoms with Gasteiger partial charge in [-0.15, -0.1) is 0 Å². The standard InChI is InChI=1S/C30H42N2O3/c1-3-5-7-8-9-10-11-12-13-14-16-30(34)35-28-23-21-27(22-24-28)32-31-26-19-17-25(18-20-26)29(33)15-6-4-2/h17-24H,3-16H2,1-2H3. The second-order valence-electron chi connectivity index (χ2n) is 9.17. The summed E-state index contributed by atoms with van der Waals surface area (Å²) < 4.78 is 5.44. The van der Waals surface area contributed by atoms with Gasteiger partial charge in [-0.2, -0.15) is 10.2 Å². The lowest BCUT2D eigenvalue weighted by Gasteiger charge is -2.05. The molecule has 0 radical (unpaired) electrons. The van der Waals surface area contributed by atoms with Crippen molar-refractivity contribution in [2.24, 2.45) is 10.2 Å². The fraction of sp³-hybridized carbons (Fsp3) is 0.533. The van der Waals surface area contributed by atoms with Crippen LogP contribution >= 0.6 is 0 Å². The first-order chi connectivity index (χ1) is 17.1. The number of rotatable bonds is 18. The molecule has 35 heavy (non-hydrogen) atoms. The van der Waals surface area contributed by atoms with Crippen molar-refractivity contribution in [2.45, 2.75) is 104 Å².